The molecule has 1 atom stereocenters. The Hall–Kier alpha value is -1.27. The van der Waals surface area contributed by atoms with Crippen molar-refractivity contribution in [2.45, 2.75) is 225 Å². The molecule has 266 valence electrons. The molecule has 0 aliphatic heterocycles. The fraction of sp³-hybridized carbons (Fsp3) is 0.923. The molecule has 0 rings (SSSR count). The highest BCUT2D eigenvalue weighted by Crippen LogP contribution is 2.27. The minimum absolute atomic E-state index is 0.0572. The molecule has 45 heavy (non-hydrogen) atoms. The number of aliphatic hydroxyl groups excluding tert-OH is 2. The maximum atomic E-state index is 13.7. The van der Waals surface area contributed by atoms with E-state index in [1.807, 2.05) is 0 Å². The van der Waals surface area contributed by atoms with Gasteiger partial charge in [-0.25, -0.2) is 0 Å². The number of carbonyl (C=O) groups is 3. The summed E-state index contributed by atoms with van der Waals surface area (Å²) in [7, 11) is 0. The Morgan fingerprint density at radius 1 is 0.467 bits per heavy atom. The van der Waals surface area contributed by atoms with Crippen LogP contribution in [0, 0.1) is 0 Å². The van der Waals surface area contributed by atoms with Crippen molar-refractivity contribution in [3.63, 3.8) is 0 Å². The van der Waals surface area contributed by atoms with Crippen molar-refractivity contribution in [2.24, 2.45) is 0 Å². The van der Waals surface area contributed by atoms with Gasteiger partial charge in [0.25, 0.3) is 5.60 Å². The molecule has 0 spiro atoms. The highest BCUT2D eigenvalue weighted by molar-refractivity contribution is 6.12. The van der Waals surface area contributed by atoms with Crippen LogP contribution in [0.4, 0.5) is 0 Å². The second-order valence-corrected chi connectivity index (χ2v) is 13.5. The van der Waals surface area contributed by atoms with Crippen molar-refractivity contribution in [3.05, 3.63) is 0 Å². The molecule has 0 aliphatic rings. The zero-order chi connectivity index (χ0) is 33.4. The van der Waals surface area contributed by atoms with Crippen LogP contribution in [0.3, 0.4) is 0 Å². The predicted octanol–water partition coefficient (Wildman–Crippen LogP) is 10.5. The zero-order valence-corrected chi connectivity index (χ0v) is 30.0. The molecule has 0 saturated carbocycles. The van der Waals surface area contributed by atoms with Gasteiger partial charge in [-0.15, -0.1) is 0 Å². The number of unbranched alkanes of at least 4 members (excludes halogenated alkanes) is 24. The average Bonchev–Trinajstić information content (AvgIpc) is 3.04. The molecule has 0 aromatic heterocycles. The molecule has 0 fully saturated rings. The molecule has 6 nitrogen and oxygen atoms in total. The van der Waals surface area contributed by atoms with Crippen LogP contribution in [0.2, 0.25) is 0 Å². The normalized spacial score (nSPS) is 12.4. The molecule has 0 radical (unpaired) electrons. The molecule has 1 unspecified atom stereocenters. The standard InChI is InChI=1S/C39H74O6/c1-4-7-10-13-16-19-22-25-28-31-35(41)39(37(43)34-40,36(42)32-29-26-23-20-17-14-11-8-5-2)45-38(44)33-30-27-24-21-18-15-12-9-6-3/h37,40,43H,4-34H2,1-3H3. The molecular formula is C39H74O6. The molecule has 6 heteroatoms. The van der Waals surface area contributed by atoms with E-state index in [4.69, 9.17) is 4.74 Å². The first-order valence-electron chi connectivity index (χ1n) is 19.5. The molecule has 0 heterocycles. The molecule has 0 saturated heterocycles. The number of hydrogen-bond acceptors (Lipinski definition) is 6. The highest BCUT2D eigenvalue weighted by atomic mass is 16.6. The van der Waals surface area contributed by atoms with E-state index in [-0.39, 0.29) is 19.3 Å². The van der Waals surface area contributed by atoms with Gasteiger partial charge in [0, 0.05) is 19.3 Å². The first-order valence-corrected chi connectivity index (χ1v) is 19.5. The van der Waals surface area contributed by atoms with Crippen molar-refractivity contribution >= 4 is 17.5 Å². The smallest absolute Gasteiger partial charge is 0.307 e. The van der Waals surface area contributed by atoms with Gasteiger partial charge in [-0.05, 0) is 19.3 Å². The lowest BCUT2D eigenvalue weighted by atomic mass is 9.82. The third-order valence-corrected chi connectivity index (χ3v) is 9.24. The van der Waals surface area contributed by atoms with E-state index in [0.717, 1.165) is 57.8 Å². The van der Waals surface area contributed by atoms with Gasteiger partial charge in [0.05, 0.1) is 6.61 Å². The van der Waals surface area contributed by atoms with Crippen LogP contribution in [0.25, 0.3) is 0 Å². The summed E-state index contributed by atoms with van der Waals surface area (Å²) in [6.07, 6.45) is 27.9. The number of ether oxygens (including phenoxy) is 1. The Labute approximate surface area is 278 Å². The lowest BCUT2D eigenvalue weighted by molar-refractivity contribution is -0.188. The predicted molar refractivity (Wildman–Crippen MR) is 187 cm³/mol. The summed E-state index contributed by atoms with van der Waals surface area (Å²) in [5.74, 6) is -1.76. The summed E-state index contributed by atoms with van der Waals surface area (Å²) < 4.78 is 5.70. The van der Waals surface area contributed by atoms with Crippen molar-refractivity contribution in [1.82, 2.24) is 0 Å². The van der Waals surface area contributed by atoms with Gasteiger partial charge in [0.1, 0.15) is 6.10 Å². The lowest BCUT2D eigenvalue weighted by Crippen LogP contribution is -2.60. The van der Waals surface area contributed by atoms with E-state index >= 15 is 0 Å². The van der Waals surface area contributed by atoms with E-state index in [2.05, 4.69) is 20.8 Å². The maximum absolute atomic E-state index is 13.7. The number of esters is 1. The summed E-state index contributed by atoms with van der Waals surface area (Å²) in [4.78, 5) is 40.3. The van der Waals surface area contributed by atoms with Crippen LogP contribution < -0.4 is 0 Å². The van der Waals surface area contributed by atoms with Crippen LogP contribution in [0.15, 0.2) is 0 Å². The summed E-state index contributed by atoms with van der Waals surface area (Å²) in [6, 6.07) is 0. The number of rotatable bonds is 35. The summed E-state index contributed by atoms with van der Waals surface area (Å²) >= 11 is 0. The van der Waals surface area contributed by atoms with Gasteiger partial charge in [-0.2, -0.15) is 0 Å². The zero-order valence-electron chi connectivity index (χ0n) is 30.0. The van der Waals surface area contributed by atoms with Crippen molar-refractivity contribution < 1.29 is 29.3 Å². The number of ketones is 2. The van der Waals surface area contributed by atoms with E-state index in [9.17, 15) is 24.6 Å². The third-order valence-electron chi connectivity index (χ3n) is 9.24. The first-order chi connectivity index (χ1) is 21.9. The van der Waals surface area contributed by atoms with Crippen LogP contribution in [-0.4, -0.2) is 46.1 Å². The summed E-state index contributed by atoms with van der Waals surface area (Å²) in [5.41, 5.74) is -2.30. The van der Waals surface area contributed by atoms with Crippen LogP contribution in [0.1, 0.15) is 213 Å². The quantitative estimate of drug-likeness (QED) is 0.0407. The topological polar surface area (TPSA) is 101 Å². The number of carbonyl (C=O) groups excluding carboxylic acids is 3. The monoisotopic (exact) mass is 639 g/mol. The van der Waals surface area contributed by atoms with Gasteiger partial charge in [0.2, 0.25) is 0 Å². The van der Waals surface area contributed by atoms with Crippen molar-refractivity contribution in [1.29, 1.82) is 0 Å². The second kappa shape index (κ2) is 31.3. The fourth-order valence-corrected chi connectivity index (χ4v) is 6.21. The Morgan fingerprint density at radius 2 is 0.733 bits per heavy atom. The number of hydrogen-bond donors (Lipinski definition) is 2. The first kappa shape index (κ1) is 43.7. The van der Waals surface area contributed by atoms with E-state index in [1.54, 1.807) is 0 Å². The molecule has 0 amide bonds. The van der Waals surface area contributed by atoms with Crippen LogP contribution in [0.5, 0.6) is 0 Å². The molecule has 2 N–H and O–H groups in total. The van der Waals surface area contributed by atoms with Crippen molar-refractivity contribution in [2.75, 3.05) is 6.61 Å². The second-order valence-electron chi connectivity index (χ2n) is 13.5. The summed E-state index contributed by atoms with van der Waals surface area (Å²) in [5, 5.41) is 20.9. The largest absolute Gasteiger partial charge is 0.440 e. The van der Waals surface area contributed by atoms with Crippen LogP contribution >= 0.6 is 0 Å². The molecule has 0 aromatic rings. The Balaban J connectivity index is 5.09. The SMILES string of the molecule is CCCCCCCCCCCC(=O)OC(C(=O)CCCCCCCCCCC)(C(=O)CCCCCCCCCCC)C(O)CO. The lowest BCUT2D eigenvalue weighted by Gasteiger charge is -2.34. The number of Topliss-reactive ketones (excluding diaryl/α,β-unsaturated/α-hetero) is 2. The Kier molecular flexibility index (Phi) is 30.5. The average molecular weight is 639 g/mol. The number of aliphatic hydroxyl groups is 2. The molecule has 0 aromatic carbocycles. The third kappa shape index (κ3) is 22.0. The van der Waals surface area contributed by atoms with E-state index in [0.29, 0.717) is 19.3 Å². The van der Waals surface area contributed by atoms with E-state index < -0.39 is 35.8 Å². The minimum Gasteiger partial charge on any atom is -0.440 e. The molecule has 0 bridgehead atoms. The van der Waals surface area contributed by atoms with Crippen molar-refractivity contribution in [3.8, 4) is 0 Å². The van der Waals surface area contributed by atoms with E-state index in [1.165, 1.54) is 96.3 Å². The molecular weight excluding hydrogens is 564 g/mol. The van der Waals surface area contributed by atoms with Gasteiger partial charge < -0.3 is 14.9 Å². The maximum Gasteiger partial charge on any atom is 0.307 e. The van der Waals surface area contributed by atoms with Gasteiger partial charge in [-0.3, -0.25) is 14.4 Å². The van der Waals surface area contributed by atoms with Gasteiger partial charge >= 0.3 is 5.97 Å². The Morgan fingerprint density at radius 3 is 1.02 bits per heavy atom. The Bertz CT molecular complexity index is 672. The molecule has 0 aliphatic carbocycles. The van der Waals surface area contributed by atoms with Gasteiger partial charge in [0.15, 0.2) is 11.6 Å². The minimum atomic E-state index is -2.30. The van der Waals surface area contributed by atoms with Gasteiger partial charge in [-0.1, -0.05) is 175 Å². The highest BCUT2D eigenvalue weighted by Gasteiger charge is 2.53. The summed E-state index contributed by atoms with van der Waals surface area (Å²) in [6.45, 7) is 5.82. The van der Waals surface area contributed by atoms with Crippen LogP contribution in [-0.2, 0) is 19.1 Å². The fourth-order valence-electron chi connectivity index (χ4n) is 6.21.